The summed E-state index contributed by atoms with van der Waals surface area (Å²) in [6, 6.07) is 10.3. The van der Waals surface area contributed by atoms with Gasteiger partial charge in [-0.1, -0.05) is 30.3 Å². The number of benzene rings is 1. The maximum Gasteiger partial charge on any atom is 0.309 e. The number of rotatable bonds is 6. The number of esters is 1. The Balaban J connectivity index is 1.46. The second kappa shape index (κ2) is 6.64. The van der Waals surface area contributed by atoms with E-state index in [4.69, 9.17) is 18.6 Å². The topological polar surface area (TPSA) is 54.0 Å². The van der Waals surface area contributed by atoms with Crippen molar-refractivity contribution in [2.24, 2.45) is 23.7 Å². The third kappa shape index (κ3) is 2.94. The second-order valence-electron chi connectivity index (χ2n) is 10.4. The molecule has 7 atom stereocenters. The average Bonchev–Trinajstić information content (AvgIpc) is 2.94. The molecule has 5 aliphatic rings. The van der Waals surface area contributed by atoms with Crippen LogP contribution in [0, 0.1) is 23.7 Å². The monoisotopic (exact) mass is 416 g/mol. The van der Waals surface area contributed by atoms with E-state index in [1.54, 1.807) is 0 Å². The van der Waals surface area contributed by atoms with Crippen LogP contribution in [0.2, 0.25) is 19.6 Å². The van der Waals surface area contributed by atoms with E-state index < -0.39 is 19.5 Å². The summed E-state index contributed by atoms with van der Waals surface area (Å²) in [6.45, 7) is 10.8. The van der Waals surface area contributed by atoms with Gasteiger partial charge in [0.25, 0.3) is 0 Å². The Morgan fingerprint density at radius 3 is 2.69 bits per heavy atom. The molecule has 0 radical (unpaired) electrons. The summed E-state index contributed by atoms with van der Waals surface area (Å²) in [5.74, 6) is 1.11. The molecule has 5 nitrogen and oxygen atoms in total. The van der Waals surface area contributed by atoms with Crippen molar-refractivity contribution in [3.63, 3.8) is 0 Å². The molecule has 0 spiro atoms. The molecule has 2 saturated heterocycles. The lowest BCUT2D eigenvalue weighted by molar-refractivity contribution is -0.290. The van der Waals surface area contributed by atoms with E-state index in [0.717, 1.165) is 13.0 Å². The van der Waals surface area contributed by atoms with Gasteiger partial charge in [-0.25, -0.2) is 0 Å². The van der Waals surface area contributed by atoms with Crippen LogP contribution in [0.25, 0.3) is 0 Å². The van der Waals surface area contributed by atoms with E-state index in [1.807, 2.05) is 18.2 Å². The highest BCUT2D eigenvalue weighted by atomic mass is 28.4. The molecule has 1 aromatic rings. The number of ether oxygens (including phenoxy) is 3. The highest BCUT2D eigenvalue weighted by Gasteiger charge is 2.77. The normalized spacial score (nSPS) is 42.8. The maximum absolute atomic E-state index is 12.6. The van der Waals surface area contributed by atoms with E-state index >= 15 is 0 Å². The van der Waals surface area contributed by atoms with Crippen molar-refractivity contribution < 1.29 is 23.4 Å². The first-order valence-corrected chi connectivity index (χ1v) is 14.3. The van der Waals surface area contributed by atoms with E-state index in [1.165, 1.54) is 5.56 Å². The lowest BCUT2D eigenvalue weighted by Gasteiger charge is -2.67. The van der Waals surface area contributed by atoms with Gasteiger partial charge in [-0.3, -0.25) is 4.79 Å². The van der Waals surface area contributed by atoms with Crippen LogP contribution < -0.4 is 0 Å². The van der Waals surface area contributed by atoms with Crippen molar-refractivity contribution in [3.8, 4) is 0 Å². The third-order valence-electron chi connectivity index (χ3n) is 7.68. The van der Waals surface area contributed by atoms with Gasteiger partial charge in [-0.15, -0.1) is 0 Å². The van der Waals surface area contributed by atoms with Gasteiger partial charge in [0.1, 0.15) is 11.7 Å². The second-order valence-corrected chi connectivity index (χ2v) is 14.9. The van der Waals surface area contributed by atoms with Gasteiger partial charge in [0.2, 0.25) is 0 Å². The SMILES string of the molecule is C[C@@]12OC[C@@H]3[C@@H](COCc4ccccc4)[C@H]4[C@H](C[C@@H]31)OC(=O)C[C@]42O[Si](C)(C)C. The minimum absolute atomic E-state index is 0.0750. The van der Waals surface area contributed by atoms with Crippen LogP contribution in [-0.2, 0) is 30.0 Å². The molecule has 0 aromatic heterocycles. The van der Waals surface area contributed by atoms with Crippen molar-refractivity contribution in [2.75, 3.05) is 13.2 Å². The molecular weight excluding hydrogens is 384 g/mol. The standard InChI is InChI=1S/C23H32O5Si/c1-22-18-10-19-21(23(22,11-20(24)27-19)28-29(2,3)4)17(16(18)14-26-22)13-25-12-15-8-6-5-7-9-15/h5-9,16-19,21H,10-14H2,1-4H3/t16-,17-,18+,19+,21+,22-,23+/m1/s1. The summed E-state index contributed by atoms with van der Waals surface area (Å²) in [5, 5.41) is 0. The Morgan fingerprint density at radius 2 is 1.97 bits per heavy atom. The molecule has 5 fully saturated rings. The molecular formula is C23H32O5Si. The largest absolute Gasteiger partial charge is 0.462 e. The predicted octanol–water partition coefficient (Wildman–Crippen LogP) is 3.78. The van der Waals surface area contributed by atoms with Crippen LogP contribution >= 0.6 is 0 Å². The predicted molar refractivity (Wildman–Crippen MR) is 111 cm³/mol. The first kappa shape index (κ1) is 19.7. The van der Waals surface area contributed by atoms with Crippen LogP contribution in [-0.4, -0.2) is 44.8 Å². The molecule has 0 unspecified atom stereocenters. The van der Waals surface area contributed by atoms with Gasteiger partial charge in [0.05, 0.1) is 31.8 Å². The third-order valence-corrected chi connectivity index (χ3v) is 8.65. The van der Waals surface area contributed by atoms with Gasteiger partial charge in [0.15, 0.2) is 8.32 Å². The van der Waals surface area contributed by atoms with E-state index in [2.05, 4.69) is 38.7 Å². The number of carbonyl (C=O) groups excluding carboxylic acids is 1. The Kier molecular flexibility index (Phi) is 4.52. The molecule has 6 bridgehead atoms. The molecule has 2 aliphatic heterocycles. The van der Waals surface area contributed by atoms with Crippen LogP contribution in [0.3, 0.4) is 0 Å². The first-order chi connectivity index (χ1) is 13.7. The van der Waals surface area contributed by atoms with Crippen molar-refractivity contribution in [2.45, 2.75) is 63.3 Å². The summed E-state index contributed by atoms with van der Waals surface area (Å²) in [7, 11) is -1.93. The van der Waals surface area contributed by atoms with Crippen molar-refractivity contribution in [1.82, 2.24) is 0 Å². The van der Waals surface area contributed by atoms with Crippen molar-refractivity contribution >= 4 is 14.3 Å². The average molecular weight is 417 g/mol. The molecule has 2 heterocycles. The molecule has 1 aromatic carbocycles. The highest BCUT2D eigenvalue weighted by Crippen LogP contribution is 2.68. The number of carbonyl (C=O) groups is 1. The Morgan fingerprint density at radius 1 is 1.21 bits per heavy atom. The van der Waals surface area contributed by atoms with Crippen LogP contribution in [0.5, 0.6) is 0 Å². The molecule has 0 amide bonds. The highest BCUT2D eigenvalue weighted by molar-refractivity contribution is 6.69. The maximum atomic E-state index is 12.6. The molecule has 3 saturated carbocycles. The Bertz CT molecular complexity index is 792. The van der Waals surface area contributed by atoms with Gasteiger partial charge in [0, 0.05) is 5.92 Å². The van der Waals surface area contributed by atoms with Crippen molar-refractivity contribution in [1.29, 1.82) is 0 Å². The fourth-order valence-electron chi connectivity index (χ4n) is 6.78. The lowest BCUT2D eigenvalue weighted by Crippen LogP contribution is -2.78. The molecule has 158 valence electrons. The number of hydrogen-bond acceptors (Lipinski definition) is 5. The zero-order chi connectivity index (χ0) is 20.4. The number of hydrogen-bond donors (Lipinski definition) is 0. The van der Waals surface area contributed by atoms with Gasteiger partial charge in [-0.05, 0) is 56.3 Å². The summed E-state index contributed by atoms with van der Waals surface area (Å²) < 4.78 is 25.5. The quantitative estimate of drug-likeness (QED) is 0.522. The molecule has 3 aliphatic carbocycles. The van der Waals surface area contributed by atoms with Crippen LogP contribution in [0.4, 0.5) is 0 Å². The van der Waals surface area contributed by atoms with Gasteiger partial charge in [-0.2, -0.15) is 0 Å². The van der Waals surface area contributed by atoms with E-state index in [0.29, 0.717) is 37.4 Å². The molecule has 0 N–H and O–H groups in total. The minimum Gasteiger partial charge on any atom is -0.462 e. The van der Waals surface area contributed by atoms with Gasteiger partial charge >= 0.3 is 5.97 Å². The summed E-state index contributed by atoms with van der Waals surface area (Å²) in [6.07, 6.45) is 1.12. The summed E-state index contributed by atoms with van der Waals surface area (Å²) in [5.41, 5.74) is 0.184. The van der Waals surface area contributed by atoms with Crippen molar-refractivity contribution in [3.05, 3.63) is 35.9 Å². The van der Waals surface area contributed by atoms with Gasteiger partial charge < -0.3 is 18.6 Å². The van der Waals surface area contributed by atoms with Crippen LogP contribution in [0.15, 0.2) is 30.3 Å². The molecule has 6 heteroatoms. The molecule has 6 rings (SSSR count). The lowest BCUT2D eigenvalue weighted by atomic mass is 9.45. The molecule has 29 heavy (non-hydrogen) atoms. The fraction of sp³-hybridized carbons (Fsp3) is 0.696. The zero-order valence-electron chi connectivity index (χ0n) is 17.9. The Hall–Kier alpha value is -1.21. The van der Waals surface area contributed by atoms with E-state index in [-0.39, 0.29) is 18.0 Å². The summed E-state index contributed by atoms with van der Waals surface area (Å²) >= 11 is 0. The van der Waals surface area contributed by atoms with Crippen LogP contribution in [0.1, 0.15) is 25.3 Å². The summed E-state index contributed by atoms with van der Waals surface area (Å²) in [4.78, 5) is 12.6. The zero-order valence-corrected chi connectivity index (χ0v) is 18.9. The smallest absolute Gasteiger partial charge is 0.309 e. The first-order valence-electron chi connectivity index (χ1n) is 10.9. The minimum atomic E-state index is -1.93. The van der Waals surface area contributed by atoms with E-state index in [9.17, 15) is 4.79 Å². The Labute approximate surface area is 174 Å². The fourth-order valence-corrected chi connectivity index (χ4v) is 8.28.